The number of cyclic esters (lactones) is 2. The van der Waals surface area contributed by atoms with E-state index in [9.17, 15) is 4.79 Å². The van der Waals surface area contributed by atoms with Crippen molar-refractivity contribution < 1.29 is 23.7 Å². The zero-order chi connectivity index (χ0) is 9.10. The molecule has 74 valence electrons. The lowest BCUT2D eigenvalue weighted by molar-refractivity contribution is -0.126. The van der Waals surface area contributed by atoms with Gasteiger partial charge in [0.1, 0.15) is 6.61 Å². The maximum atomic E-state index is 10.5. The van der Waals surface area contributed by atoms with Gasteiger partial charge >= 0.3 is 6.16 Å². The SMILES string of the molecule is O=C1OCC(COC2CCCO2)O1. The second-order valence-corrected chi connectivity index (χ2v) is 3.08. The number of ether oxygens (including phenoxy) is 4. The summed E-state index contributed by atoms with van der Waals surface area (Å²) in [7, 11) is 0. The van der Waals surface area contributed by atoms with Crippen molar-refractivity contribution in [3.8, 4) is 0 Å². The van der Waals surface area contributed by atoms with Crippen LogP contribution in [0.25, 0.3) is 0 Å². The molecule has 5 heteroatoms. The third-order valence-corrected chi connectivity index (χ3v) is 2.01. The Morgan fingerprint density at radius 1 is 1.54 bits per heavy atom. The Balaban J connectivity index is 1.64. The molecule has 0 aliphatic carbocycles. The lowest BCUT2D eigenvalue weighted by Gasteiger charge is -2.12. The first-order valence-corrected chi connectivity index (χ1v) is 4.41. The summed E-state index contributed by atoms with van der Waals surface area (Å²) in [6, 6.07) is 0. The first kappa shape index (κ1) is 8.77. The highest BCUT2D eigenvalue weighted by atomic mass is 16.8. The van der Waals surface area contributed by atoms with Crippen LogP contribution in [-0.2, 0) is 18.9 Å². The molecule has 0 amide bonds. The molecule has 0 aromatic heterocycles. The molecule has 0 N–H and O–H groups in total. The van der Waals surface area contributed by atoms with Gasteiger partial charge in [0.2, 0.25) is 0 Å². The van der Waals surface area contributed by atoms with Crippen molar-refractivity contribution >= 4 is 6.16 Å². The van der Waals surface area contributed by atoms with Crippen molar-refractivity contribution in [2.45, 2.75) is 25.2 Å². The van der Waals surface area contributed by atoms with E-state index < -0.39 is 6.16 Å². The number of hydrogen-bond acceptors (Lipinski definition) is 5. The largest absolute Gasteiger partial charge is 0.508 e. The van der Waals surface area contributed by atoms with Crippen LogP contribution in [0.3, 0.4) is 0 Å². The Labute approximate surface area is 75.9 Å². The van der Waals surface area contributed by atoms with Crippen molar-refractivity contribution in [2.75, 3.05) is 19.8 Å². The summed E-state index contributed by atoms with van der Waals surface area (Å²) in [5.74, 6) is 0. The summed E-state index contributed by atoms with van der Waals surface area (Å²) in [5, 5.41) is 0. The Morgan fingerprint density at radius 3 is 3.08 bits per heavy atom. The molecule has 0 aromatic rings. The number of rotatable bonds is 3. The molecule has 2 aliphatic rings. The van der Waals surface area contributed by atoms with E-state index in [1.165, 1.54) is 0 Å². The molecule has 0 saturated carbocycles. The molecule has 0 aromatic carbocycles. The quantitative estimate of drug-likeness (QED) is 0.609. The zero-order valence-corrected chi connectivity index (χ0v) is 7.23. The Bertz CT molecular complexity index is 187. The van der Waals surface area contributed by atoms with E-state index in [0.717, 1.165) is 19.4 Å². The monoisotopic (exact) mass is 188 g/mol. The van der Waals surface area contributed by atoms with Crippen molar-refractivity contribution in [3.63, 3.8) is 0 Å². The van der Waals surface area contributed by atoms with Crippen LogP contribution in [0.4, 0.5) is 4.79 Å². The minimum absolute atomic E-state index is 0.126. The van der Waals surface area contributed by atoms with Crippen molar-refractivity contribution in [1.29, 1.82) is 0 Å². The molecule has 2 fully saturated rings. The van der Waals surface area contributed by atoms with Crippen LogP contribution in [-0.4, -0.2) is 38.4 Å². The van der Waals surface area contributed by atoms with E-state index in [1.54, 1.807) is 0 Å². The summed E-state index contributed by atoms with van der Waals surface area (Å²) in [6.07, 6.45) is 0.949. The standard InChI is InChI=1S/C8H12O5/c9-8-12-5-6(13-8)4-11-7-2-1-3-10-7/h6-7H,1-5H2. The zero-order valence-electron chi connectivity index (χ0n) is 7.23. The topological polar surface area (TPSA) is 54.0 Å². The fourth-order valence-electron chi connectivity index (χ4n) is 1.34. The molecule has 0 bridgehead atoms. The summed E-state index contributed by atoms with van der Waals surface area (Å²) in [6.45, 7) is 1.40. The molecule has 2 unspecified atom stereocenters. The third kappa shape index (κ3) is 2.32. The maximum Gasteiger partial charge on any atom is 0.508 e. The van der Waals surface area contributed by atoms with Crippen LogP contribution in [0.1, 0.15) is 12.8 Å². The average Bonchev–Trinajstić information content (AvgIpc) is 2.71. The smallest absolute Gasteiger partial charge is 0.430 e. The van der Waals surface area contributed by atoms with Gasteiger partial charge in [-0.1, -0.05) is 0 Å². The summed E-state index contributed by atoms with van der Waals surface area (Å²) in [4.78, 5) is 10.5. The molecule has 0 radical (unpaired) electrons. The van der Waals surface area contributed by atoms with Crippen LogP contribution in [0.15, 0.2) is 0 Å². The van der Waals surface area contributed by atoms with Gasteiger partial charge in [-0.25, -0.2) is 4.79 Å². The minimum atomic E-state index is -0.610. The highest BCUT2D eigenvalue weighted by molar-refractivity contribution is 5.61. The first-order valence-electron chi connectivity index (χ1n) is 4.41. The molecule has 2 saturated heterocycles. The van der Waals surface area contributed by atoms with Crippen molar-refractivity contribution in [2.24, 2.45) is 0 Å². The van der Waals surface area contributed by atoms with Crippen LogP contribution >= 0.6 is 0 Å². The van der Waals surface area contributed by atoms with E-state index in [0.29, 0.717) is 6.61 Å². The molecule has 2 aliphatic heterocycles. The van der Waals surface area contributed by atoms with Gasteiger partial charge in [0, 0.05) is 13.0 Å². The molecular weight excluding hydrogens is 176 g/mol. The average molecular weight is 188 g/mol. The van der Waals surface area contributed by atoms with Crippen molar-refractivity contribution in [3.05, 3.63) is 0 Å². The van der Waals surface area contributed by atoms with E-state index in [2.05, 4.69) is 4.74 Å². The fraction of sp³-hybridized carbons (Fsp3) is 0.875. The fourth-order valence-corrected chi connectivity index (χ4v) is 1.34. The summed E-state index contributed by atoms with van der Waals surface area (Å²) >= 11 is 0. The van der Waals surface area contributed by atoms with Gasteiger partial charge in [-0.2, -0.15) is 0 Å². The first-order chi connectivity index (χ1) is 6.34. The van der Waals surface area contributed by atoms with E-state index in [4.69, 9.17) is 14.2 Å². The van der Waals surface area contributed by atoms with E-state index in [1.807, 2.05) is 0 Å². The molecule has 2 atom stereocenters. The van der Waals surface area contributed by atoms with Gasteiger partial charge in [0.05, 0.1) is 6.61 Å². The Kier molecular flexibility index (Phi) is 2.65. The van der Waals surface area contributed by atoms with E-state index in [-0.39, 0.29) is 19.0 Å². The van der Waals surface area contributed by atoms with Crippen LogP contribution in [0.5, 0.6) is 0 Å². The van der Waals surface area contributed by atoms with Gasteiger partial charge in [-0.3, -0.25) is 0 Å². The highest BCUT2D eigenvalue weighted by Crippen LogP contribution is 2.15. The summed E-state index contributed by atoms with van der Waals surface area (Å²) in [5.41, 5.74) is 0. The molecule has 2 heterocycles. The van der Waals surface area contributed by atoms with Gasteiger partial charge in [-0.05, 0) is 6.42 Å². The molecule has 0 spiro atoms. The predicted molar refractivity (Wildman–Crippen MR) is 41.1 cm³/mol. The Morgan fingerprint density at radius 2 is 2.46 bits per heavy atom. The van der Waals surface area contributed by atoms with Gasteiger partial charge in [0.25, 0.3) is 0 Å². The van der Waals surface area contributed by atoms with Gasteiger partial charge < -0.3 is 18.9 Å². The number of hydrogen-bond donors (Lipinski definition) is 0. The lowest BCUT2D eigenvalue weighted by Crippen LogP contribution is -2.22. The van der Waals surface area contributed by atoms with Crippen molar-refractivity contribution in [1.82, 2.24) is 0 Å². The molecule has 5 nitrogen and oxygen atoms in total. The highest BCUT2D eigenvalue weighted by Gasteiger charge is 2.27. The number of carbonyl (C=O) groups is 1. The second kappa shape index (κ2) is 3.93. The van der Waals surface area contributed by atoms with E-state index >= 15 is 0 Å². The van der Waals surface area contributed by atoms with Gasteiger partial charge in [0.15, 0.2) is 12.4 Å². The predicted octanol–water partition coefficient (Wildman–Crippen LogP) is 0.675. The minimum Gasteiger partial charge on any atom is -0.430 e. The van der Waals surface area contributed by atoms with Crippen LogP contribution in [0, 0.1) is 0 Å². The molecule has 2 rings (SSSR count). The maximum absolute atomic E-state index is 10.5. The lowest BCUT2D eigenvalue weighted by atomic mass is 10.3. The molecule has 13 heavy (non-hydrogen) atoms. The van der Waals surface area contributed by atoms with Gasteiger partial charge in [-0.15, -0.1) is 0 Å². The third-order valence-electron chi connectivity index (χ3n) is 2.01. The Hall–Kier alpha value is -0.810. The normalized spacial score (nSPS) is 33.1. The van der Waals surface area contributed by atoms with Crippen LogP contribution < -0.4 is 0 Å². The number of carbonyl (C=O) groups excluding carboxylic acids is 1. The summed E-state index contributed by atoms with van der Waals surface area (Å²) < 4.78 is 20.0. The van der Waals surface area contributed by atoms with Crippen LogP contribution in [0.2, 0.25) is 0 Å². The second-order valence-electron chi connectivity index (χ2n) is 3.08. The molecular formula is C8H12O5.